The topological polar surface area (TPSA) is 50.4 Å². The SMILES string of the molecule is ON=Cc1cn(-c2ncc(C(F)(F)F)cc2Cl)c2ccccc12. The Morgan fingerprint density at radius 1 is 1.26 bits per heavy atom. The average molecular weight is 340 g/mol. The van der Waals surface area contributed by atoms with Crippen LogP contribution in [0.1, 0.15) is 11.1 Å². The number of rotatable bonds is 2. The summed E-state index contributed by atoms with van der Waals surface area (Å²) in [6.45, 7) is 0. The fourth-order valence-electron chi connectivity index (χ4n) is 2.31. The van der Waals surface area contributed by atoms with Crippen LogP contribution in [0.3, 0.4) is 0 Å². The lowest BCUT2D eigenvalue weighted by Gasteiger charge is -2.10. The van der Waals surface area contributed by atoms with Crippen LogP contribution in [-0.2, 0) is 6.18 Å². The van der Waals surface area contributed by atoms with Gasteiger partial charge in [-0.15, -0.1) is 0 Å². The van der Waals surface area contributed by atoms with Gasteiger partial charge in [-0.3, -0.25) is 4.57 Å². The lowest BCUT2D eigenvalue weighted by Crippen LogP contribution is -2.07. The van der Waals surface area contributed by atoms with Crippen LogP contribution in [0, 0.1) is 0 Å². The Labute approximate surface area is 133 Å². The molecule has 0 fully saturated rings. The number of para-hydroxylation sites is 1. The summed E-state index contributed by atoms with van der Waals surface area (Å²) in [5, 5.41) is 12.3. The number of aromatic nitrogens is 2. The zero-order chi connectivity index (χ0) is 16.6. The summed E-state index contributed by atoms with van der Waals surface area (Å²) < 4.78 is 39.7. The largest absolute Gasteiger partial charge is 0.417 e. The molecular weight excluding hydrogens is 331 g/mol. The summed E-state index contributed by atoms with van der Waals surface area (Å²) in [5.74, 6) is 0.161. The smallest absolute Gasteiger partial charge is 0.411 e. The van der Waals surface area contributed by atoms with Crippen molar-refractivity contribution >= 4 is 28.7 Å². The molecule has 3 aromatic rings. The number of benzene rings is 1. The average Bonchev–Trinajstić information content (AvgIpc) is 2.86. The molecule has 3 rings (SSSR count). The minimum atomic E-state index is -4.51. The van der Waals surface area contributed by atoms with Crippen LogP contribution < -0.4 is 0 Å². The summed E-state index contributed by atoms with van der Waals surface area (Å²) in [6.07, 6.45) is -0.957. The van der Waals surface area contributed by atoms with Crippen molar-refractivity contribution < 1.29 is 18.4 Å². The molecule has 0 saturated carbocycles. The van der Waals surface area contributed by atoms with Gasteiger partial charge in [0.2, 0.25) is 0 Å². The lowest BCUT2D eigenvalue weighted by atomic mass is 10.2. The van der Waals surface area contributed by atoms with Gasteiger partial charge in [-0.05, 0) is 12.1 Å². The Morgan fingerprint density at radius 3 is 2.65 bits per heavy atom. The lowest BCUT2D eigenvalue weighted by molar-refractivity contribution is -0.137. The maximum Gasteiger partial charge on any atom is 0.417 e. The third-order valence-electron chi connectivity index (χ3n) is 3.32. The minimum absolute atomic E-state index is 0.131. The van der Waals surface area contributed by atoms with Gasteiger partial charge in [0.15, 0.2) is 5.82 Å². The number of alkyl halides is 3. The van der Waals surface area contributed by atoms with Gasteiger partial charge >= 0.3 is 6.18 Å². The van der Waals surface area contributed by atoms with Gasteiger partial charge in [-0.2, -0.15) is 13.2 Å². The Hall–Kier alpha value is -2.54. The quantitative estimate of drug-likeness (QED) is 0.424. The van der Waals surface area contributed by atoms with Crippen LogP contribution in [0.2, 0.25) is 5.02 Å². The van der Waals surface area contributed by atoms with Gasteiger partial charge in [0, 0.05) is 23.3 Å². The normalized spacial score (nSPS) is 12.3. The van der Waals surface area contributed by atoms with Crippen LogP contribution in [0.15, 0.2) is 47.9 Å². The van der Waals surface area contributed by atoms with E-state index in [-0.39, 0.29) is 10.8 Å². The van der Waals surface area contributed by atoms with E-state index >= 15 is 0 Å². The van der Waals surface area contributed by atoms with E-state index in [1.807, 2.05) is 0 Å². The Morgan fingerprint density at radius 2 is 2.00 bits per heavy atom. The molecule has 2 aromatic heterocycles. The van der Waals surface area contributed by atoms with Crippen molar-refractivity contribution in [3.63, 3.8) is 0 Å². The fraction of sp³-hybridized carbons (Fsp3) is 0.0667. The molecule has 0 saturated heterocycles. The molecule has 23 heavy (non-hydrogen) atoms. The summed E-state index contributed by atoms with van der Waals surface area (Å²) in [5.41, 5.74) is 0.345. The zero-order valence-corrected chi connectivity index (χ0v) is 12.2. The predicted molar refractivity (Wildman–Crippen MR) is 80.5 cm³/mol. The van der Waals surface area contributed by atoms with Crippen LogP contribution in [0.25, 0.3) is 16.7 Å². The third-order valence-corrected chi connectivity index (χ3v) is 3.60. The molecular formula is C15H9ClF3N3O. The number of nitrogens with zero attached hydrogens (tertiary/aromatic N) is 3. The minimum Gasteiger partial charge on any atom is -0.411 e. The van der Waals surface area contributed by atoms with Crippen LogP contribution in [-0.4, -0.2) is 21.0 Å². The van der Waals surface area contributed by atoms with E-state index < -0.39 is 11.7 Å². The fourth-order valence-corrected chi connectivity index (χ4v) is 2.57. The van der Waals surface area contributed by atoms with Crippen molar-refractivity contribution in [2.45, 2.75) is 6.18 Å². The zero-order valence-electron chi connectivity index (χ0n) is 11.4. The molecule has 0 aliphatic carbocycles. The summed E-state index contributed by atoms with van der Waals surface area (Å²) in [6, 6.07) is 7.96. The number of hydrogen-bond acceptors (Lipinski definition) is 3. The van der Waals surface area contributed by atoms with Gasteiger partial charge in [-0.1, -0.05) is 35.0 Å². The standard InChI is InChI=1S/C15H9ClF3N3O/c16-12-5-10(15(17,18)19)7-20-14(12)22-8-9(6-21-23)11-3-1-2-4-13(11)22/h1-8,23H. The van der Waals surface area contributed by atoms with Crippen molar-refractivity contribution in [2.75, 3.05) is 0 Å². The molecule has 0 unspecified atom stereocenters. The molecule has 1 N–H and O–H groups in total. The summed E-state index contributed by atoms with van der Waals surface area (Å²) in [7, 11) is 0. The maximum atomic E-state index is 12.7. The van der Waals surface area contributed by atoms with E-state index in [1.54, 1.807) is 35.0 Å². The Kier molecular flexibility index (Phi) is 3.73. The first kappa shape index (κ1) is 15.4. The summed E-state index contributed by atoms with van der Waals surface area (Å²) >= 11 is 5.99. The predicted octanol–water partition coefficient (Wildman–Crippen LogP) is 4.51. The number of oxime groups is 1. The van der Waals surface area contributed by atoms with E-state index in [9.17, 15) is 13.2 Å². The third kappa shape index (κ3) is 2.75. The molecule has 0 amide bonds. The van der Waals surface area contributed by atoms with E-state index in [2.05, 4.69) is 10.1 Å². The molecule has 0 aliphatic heterocycles. The molecule has 0 aliphatic rings. The van der Waals surface area contributed by atoms with E-state index in [0.29, 0.717) is 11.1 Å². The van der Waals surface area contributed by atoms with Gasteiger partial charge < -0.3 is 5.21 Å². The number of fused-ring (bicyclic) bond motifs is 1. The highest BCUT2D eigenvalue weighted by atomic mass is 35.5. The first-order valence-corrected chi connectivity index (χ1v) is 6.80. The second kappa shape index (κ2) is 5.58. The molecule has 0 spiro atoms. The number of halogens is 4. The number of hydrogen-bond donors (Lipinski definition) is 1. The highest BCUT2D eigenvalue weighted by Gasteiger charge is 2.31. The van der Waals surface area contributed by atoms with Crippen LogP contribution in [0.5, 0.6) is 0 Å². The highest BCUT2D eigenvalue weighted by Crippen LogP contribution is 2.33. The van der Waals surface area contributed by atoms with E-state index in [0.717, 1.165) is 17.6 Å². The Bertz CT molecular complexity index is 903. The summed E-state index contributed by atoms with van der Waals surface area (Å²) in [4.78, 5) is 3.84. The second-order valence-electron chi connectivity index (χ2n) is 4.74. The van der Waals surface area contributed by atoms with Gasteiger partial charge in [0.25, 0.3) is 0 Å². The maximum absolute atomic E-state index is 12.7. The van der Waals surface area contributed by atoms with Crippen LogP contribution >= 0.6 is 11.6 Å². The molecule has 1 aromatic carbocycles. The highest BCUT2D eigenvalue weighted by molar-refractivity contribution is 6.32. The molecule has 0 radical (unpaired) electrons. The van der Waals surface area contributed by atoms with Crippen molar-refractivity contribution in [2.24, 2.45) is 5.16 Å². The van der Waals surface area contributed by atoms with Crippen LogP contribution in [0.4, 0.5) is 13.2 Å². The van der Waals surface area contributed by atoms with Crippen molar-refractivity contribution in [3.8, 4) is 5.82 Å². The van der Waals surface area contributed by atoms with E-state index in [1.165, 1.54) is 6.21 Å². The molecule has 0 bridgehead atoms. The van der Waals surface area contributed by atoms with Gasteiger partial charge in [-0.25, -0.2) is 4.98 Å². The number of pyridine rings is 1. The van der Waals surface area contributed by atoms with Gasteiger partial charge in [0.05, 0.1) is 22.3 Å². The first-order chi connectivity index (χ1) is 10.9. The molecule has 4 nitrogen and oxygen atoms in total. The molecule has 118 valence electrons. The Balaban J connectivity index is 2.21. The van der Waals surface area contributed by atoms with Crippen molar-refractivity contribution in [1.82, 2.24) is 9.55 Å². The van der Waals surface area contributed by atoms with E-state index in [4.69, 9.17) is 16.8 Å². The molecule has 2 heterocycles. The van der Waals surface area contributed by atoms with Crippen molar-refractivity contribution in [3.05, 3.63) is 58.9 Å². The molecule has 0 atom stereocenters. The molecule has 8 heteroatoms. The van der Waals surface area contributed by atoms with Gasteiger partial charge in [0.1, 0.15) is 0 Å². The monoisotopic (exact) mass is 339 g/mol. The van der Waals surface area contributed by atoms with Crippen molar-refractivity contribution in [1.29, 1.82) is 0 Å². The second-order valence-corrected chi connectivity index (χ2v) is 5.15. The first-order valence-electron chi connectivity index (χ1n) is 6.42.